The van der Waals surface area contributed by atoms with Crippen molar-refractivity contribution in [3.63, 3.8) is 0 Å². The van der Waals surface area contributed by atoms with Gasteiger partial charge in [-0.3, -0.25) is 4.98 Å². The van der Waals surface area contributed by atoms with Crippen LogP contribution in [0.5, 0.6) is 0 Å². The standard InChI is InChI=1S/C21H24BN2O/c1-16(2)17-8-10-19(11-9-17)20(18-6-4-3-5-7-18)14-22-21-23-12-13-24(21)15-25/h3-13,16,20,25H,14-15H2,1-2H3. The minimum absolute atomic E-state index is 0.0507. The van der Waals surface area contributed by atoms with Gasteiger partial charge in [0.25, 0.3) is 0 Å². The van der Waals surface area contributed by atoms with E-state index in [1.165, 1.54) is 16.7 Å². The van der Waals surface area contributed by atoms with Crippen molar-refractivity contribution in [1.82, 2.24) is 9.55 Å². The number of aliphatic hydroxyl groups excluding tert-OH is 1. The molecule has 1 N–H and O–H groups in total. The van der Waals surface area contributed by atoms with Gasteiger partial charge in [-0.25, -0.2) is 0 Å². The highest BCUT2D eigenvalue weighted by molar-refractivity contribution is 6.51. The Morgan fingerprint density at radius 2 is 1.60 bits per heavy atom. The molecule has 0 saturated carbocycles. The number of aromatic nitrogens is 2. The molecular formula is C21H24BN2O. The molecule has 3 rings (SSSR count). The lowest BCUT2D eigenvalue weighted by molar-refractivity contribution is 0.213. The number of imidazole rings is 1. The highest BCUT2D eigenvalue weighted by Gasteiger charge is 2.16. The average molecular weight is 331 g/mol. The van der Waals surface area contributed by atoms with Crippen LogP contribution in [0.25, 0.3) is 0 Å². The molecule has 0 spiro atoms. The highest BCUT2D eigenvalue weighted by atomic mass is 16.3. The molecule has 0 aliphatic rings. The topological polar surface area (TPSA) is 38.0 Å². The van der Waals surface area contributed by atoms with Crippen LogP contribution >= 0.6 is 0 Å². The highest BCUT2D eigenvalue weighted by Crippen LogP contribution is 2.29. The zero-order valence-corrected chi connectivity index (χ0v) is 14.8. The van der Waals surface area contributed by atoms with Crippen molar-refractivity contribution in [2.75, 3.05) is 0 Å². The van der Waals surface area contributed by atoms with E-state index in [1.54, 1.807) is 17.0 Å². The third-order valence-corrected chi connectivity index (χ3v) is 4.64. The number of nitrogens with zero attached hydrogens (tertiary/aromatic N) is 2. The normalized spacial score (nSPS) is 12.3. The molecule has 1 unspecified atom stereocenters. The fourth-order valence-electron chi connectivity index (χ4n) is 3.12. The van der Waals surface area contributed by atoms with Crippen LogP contribution in [0.3, 0.4) is 0 Å². The smallest absolute Gasteiger partial charge is 0.202 e. The first-order chi connectivity index (χ1) is 12.2. The summed E-state index contributed by atoms with van der Waals surface area (Å²) in [6.07, 6.45) is 4.35. The Balaban J connectivity index is 1.85. The van der Waals surface area contributed by atoms with Gasteiger partial charge in [-0.05, 0) is 22.6 Å². The zero-order chi connectivity index (χ0) is 17.6. The number of rotatable bonds is 7. The number of benzene rings is 2. The molecule has 0 saturated heterocycles. The summed E-state index contributed by atoms with van der Waals surface area (Å²) in [5.74, 6) is 0.805. The van der Waals surface area contributed by atoms with Gasteiger partial charge in [0.2, 0.25) is 7.28 Å². The molecule has 0 aliphatic carbocycles. The Hall–Kier alpha value is -2.33. The van der Waals surface area contributed by atoms with Crippen molar-refractivity contribution in [3.05, 3.63) is 83.7 Å². The van der Waals surface area contributed by atoms with Gasteiger partial charge in [0, 0.05) is 18.3 Å². The monoisotopic (exact) mass is 331 g/mol. The Kier molecular flexibility index (Phi) is 5.72. The van der Waals surface area contributed by atoms with Gasteiger partial charge in [0.1, 0.15) is 6.73 Å². The van der Waals surface area contributed by atoms with E-state index in [0.717, 1.165) is 12.0 Å². The molecule has 0 fully saturated rings. The van der Waals surface area contributed by atoms with Crippen LogP contribution in [-0.2, 0) is 6.73 Å². The van der Waals surface area contributed by atoms with Gasteiger partial charge in [-0.1, -0.05) is 74.8 Å². The van der Waals surface area contributed by atoms with Gasteiger partial charge in [-0.2, -0.15) is 0 Å². The summed E-state index contributed by atoms with van der Waals surface area (Å²) in [5, 5.41) is 9.39. The van der Waals surface area contributed by atoms with E-state index in [-0.39, 0.29) is 12.6 Å². The maximum Gasteiger partial charge on any atom is 0.202 e. The van der Waals surface area contributed by atoms with E-state index in [0.29, 0.717) is 5.92 Å². The van der Waals surface area contributed by atoms with E-state index in [2.05, 4.69) is 74.6 Å². The van der Waals surface area contributed by atoms with E-state index in [9.17, 15) is 5.11 Å². The van der Waals surface area contributed by atoms with E-state index in [1.807, 2.05) is 6.07 Å². The Morgan fingerprint density at radius 1 is 0.960 bits per heavy atom. The minimum atomic E-state index is -0.0507. The minimum Gasteiger partial charge on any atom is -0.376 e. The lowest BCUT2D eigenvalue weighted by Gasteiger charge is -2.19. The van der Waals surface area contributed by atoms with E-state index in [4.69, 9.17) is 0 Å². The second-order valence-electron chi connectivity index (χ2n) is 6.62. The quantitative estimate of drug-likeness (QED) is 0.673. The molecule has 2 aromatic carbocycles. The van der Waals surface area contributed by atoms with Crippen molar-refractivity contribution in [2.24, 2.45) is 0 Å². The molecular weight excluding hydrogens is 307 g/mol. The predicted molar refractivity (Wildman–Crippen MR) is 103 cm³/mol. The van der Waals surface area contributed by atoms with Crippen LogP contribution < -0.4 is 5.72 Å². The molecule has 1 atom stereocenters. The summed E-state index contributed by atoms with van der Waals surface area (Å²) in [7, 11) is 2.10. The summed E-state index contributed by atoms with van der Waals surface area (Å²) in [6, 6.07) is 19.5. The first-order valence-corrected chi connectivity index (χ1v) is 8.79. The maximum atomic E-state index is 9.39. The second kappa shape index (κ2) is 8.17. The van der Waals surface area contributed by atoms with Crippen LogP contribution in [0.4, 0.5) is 0 Å². The molecule has 0 aliphatic heterocycles. The summed E-state index contributed by atoms with van der Waals surface area (Å²) in [6.45, 7) is 4.38. The fourth-order valence-corrected chi connectivity index (χ4v) is 3.12. The second-order valence-corrected chi connectivity index (χ2v) is 6.62. The molecule has 127 valence electrons. The molecule has 0 bridgehead atoms. The van der Waals surface area contributed by atoms with Crippen LogP contribution in [0.1, 0.15) is 42.4 Å². The Labute approximate surface area is 150 Å². The third-order valence-electron chi connectivity index (χ3n) is 4.64. The van der Waals surface area contributed by atoms with Gasteiger partial charge in [0.15, 0.2) is 0 Å². The molecule has 3 nitrogen and oxygen atoms in total. The van der Waals surface area contributed by atoms with Crippen LogP contribution in [-0.4, -0.2) is 21.9 Å². The van der Waals surface area contributed by atoms with Crippen molar-refractivity contribution < 1.29 is 5.11 Å². The van der Waals surface area contributed by atoms with Crippen LogP contribution in [0, 0.1) is 0 Å². The first-order valence-electron chi connectivity index (χ1n) is 8.79. The van der Waals surface area contributed by atoms with Crippen molar-refractivity contribution in [1.29, 1.82) is 0 Å². The molecule has 4 heteroatoms. The summed E-state index contributed by atoms with van der Waals surface area (Å²) in [5.41, 5.74) is 4.75. The van der Waals surface area contributed by atoms with Crippen LogP contribution in [0.2, 0.25) is 6.32 Å². The summed E-state index contributed by atoms with van der Waals surface area (Å²) >= 11 is 0. The summed E-state index contributed by atoms with van der Waals surface area (Å²) in [4.78, 5) is 4.33. The van der Waals surface area contributed by atoms with Crippen LogP contribution in [0.15, 0.2) is 67.0 Å². The lowest BCUT2D eigenvalue weighted by atomic mass is 9.65. The molecule has 25 heavy (non-hydrogen) atoms. The zero-order valence-electron chi connectivity index (χ0n) is 14.8. The number of aliphatic hydroxyl groups is 1. The van der Waals surface area contributed by atoms with Gasteiger partial charge >= 0.3 is 0 Å². The lowest BCUT2D eigenvalue weighted by Crippen LogP contribution is -2.27. The first kappa shape index (κ1) is 17.5. The summed E-state index contributed by atoms with van der Waals surface area (Å²) < 4.78 is 1.74. The van der Waals surface area contributed by atoms with Crippen molar-refractivity contribution >= 4 is 13.0 Å². The molecule has 0 amide bonds. The number of hydrogen-bond acceptors (Lipinski definition) is 2. The van der Waals surface area contributed by atoms with Gasteiger partial charge in [0.05, 0.1) is 5.72 Å². The SMILES string of the molecule is CC(C)c1ccc(C(C[B]c2nccn2CO)c2ccccc2)cc1. The van der Waals surface area contributed by atoms with Gasteiger partial charge < -0.3 is 9.67 Å². The van der Waals surface area contributed by atoms with E-state index < -0.39 is 0 Å². The van der Waals surface area contributed by atoms with E-state index >= 15 is 0 Å². The molecule has 1 heterocycles. The number of hydrogen-bond donors (Lipinski definition) is 1. The molecule has 1 radical (unpaired) electrons. The van der Waals surface area contributed by atoms with Gasteiger partial charge in [-0.15, -0.1) is 0 Å². The Bertz CT molecular complexity index is 781. The average Bonchev–Trinajstić information content (AvgIpc) is 3.11. The third kappa shape index (κ3) is 4.20. The molecule has 3 aromatic rings. The predicted octanol–water partition coefficient (Wildman–Crippen LogP) is 3.54. The largest absolute Gasteiger partial charge is 0.376 e. The van der Waals surface area contributed by atoms with Crippen molar-refractivity contribution in [2.45, 2.75) is 38.7 Å². The maximum absolute atomic E-state index is 9.39. The fraction of sp³-hybridized carbons (Fsp3) is 0.286. The Morgan fingerprint density at radius 3 is 2.24 bits per heavy atom. The molecule has 1 aromatic heterocycles. The van der Waals surface area contributed by atoms with Crippen molar-refractivity contribution in [3.8, 4) is 0 Å².